The molecular weight excluding hydrogens is 736 g/mol. The van der Waals surface area contributed by atoms with E-state index in [0.29, 0.717) is 47.7 Å². The van der Waals surface area contributed by atoms with Crippen molar-refractivity contribution in [3.63, 3.8) is 0 Å². The third-order valence-electron chi connectivity index (χ3n) is 10.1. The van der Waals surface area contributed by atoms with Gasteiger partial charge in [0, 0.05) is 11.3 Å². The number of unbranched alkanes of at least 4 members (excludes halogenated alkanes) is 3. The highest BCUT2D eigenvalue weighted by molar-refractivity contribution is 7.91. The van der Waals surface area contributed by atoms with Crippen molar-refractivity contribution in [3.8, 4) is 5.88 Å². The molecule has 1 saturated heterocycles. The summed E-state index contributed by atoms with van der Waals surface area (Å²) in [6.45, 7) is 4.36. The fraction of sp³-hybridized carbons (Fsp3) is 0.526. The Kier molecular flexibility index (Phi) is 12.0. The minimum Gasteiger partial charge on any atom is -0.471 e. The van der Waals surface area contributed by atoms with Crippen LogP contribution in [-0.2, 0) is 24.4 Å². The van der Waals surface area contributed by atoms with Gasteiger partial charge in [0.2, 0.25) is 27.7 Å². The SMILES string of the molecule is Cc1ccc(C(=O)N[C@@H](CCCCCC=CC2CC2)C(=O)N2C[C@H](Oc3nc4c(F)cccc4nc3C)C[C@H]2C(=O)NCC(=O)NS(=O)(=O)C2(C)CC2)s1. The van der Waals surface area contributed by atoms with Gasteiger partial charge in [0.05, 0.1) is 28.2 Å². The summed E-state index contributed by atoms with van der Waals surface area (Å²) in [6, 6.07) is 5.82. The number of ether oxygens (including phenoxy) is 1. The Labute approximate surface area is 318 Å². The van der Waals surface area contributed by atoms with E-state index < -0.39 is 68.9 Å². The van der Waals surface area contributed by atoms with Gasteiger partial charge in [-0.1, -0.05) is 31.1 Å². The van der Waals surface area contributed by atoms with Crippen LogP contribution in [0.15, 0.2) is 42.5 Å². The quantitative estimate of drug-likeness (QED) is 0.130. The molecule has 3 aromatic rings. The number of rotatable bonds is 17. The molecule has 6 rings (SSSR count). The lowest BCUT2D eigenvalue weighted by Crippen LogP contribution is -2.54. The number of sulfonamides is 1. The van der Waals surface area contributed by atoms with Gasteiger partial charge in [-0.15, -0.1) is 11.3 Å². The summed E-state index contributed by atoms with van der Waals surface area (Å²) in [7, 11) is -3.92. The van der Waals surface area contributed by atoms with E-state index in [-0.39, 0.29) is 24.4 Å². The molecule has 0 spiro atoms. The second kappa shape index (κ2) is 16.5. The number of hydrogen-bond acceptors (Lipinski definition) is 10. The number of carbonyl (C=O) groups excluding carboxylic acids is 4. The number of nitrogens with zero attached hydrogens (tertiary/aromatic N) is 3. The third-order valence-corrected chi connectivity index (χ3v) is 13.3. The predicted octanol–water partition coefficient (Wildman–Crippen LogP) is 4.63. The van der Waals surface area contributed by atoms with Gasteiger partial charge >= 0.3 is 0 Å². The Morgan fingerprint density at radius 3 is 2.57 bits per heavy atom. The maximum Gasteiger partial charge on any atom is 0.262 e. The summed E-state index contributed by atoms with van der Waals surface area (Å²) in [5.74, 6) is -2.36. The smallest absolute Gasteiger partial charge is 0.262 e. The number of carbonyl (C=O) groups is 4. The number of nitrogens with one attached hydrogen (secondary N) is 3. The average Bonchev–Trinajstić information content (AvgIpc) is 4.02. The third kappa shape index (κ3) is 9.61. The van der Waals surface area contributed by atoms with Crippen molar-refractivity contribution in [1.82, 2.24) is 30.2 Å². The van der Waals surface area contributed by atoms with Crippen LogP contribution in [0.25, 0.3) is 11.0 Å². The van der Waals surface area contributed by atoms with Crippen LogP contribution in [0.3, 0.4) is 0 Å². The largest absolute Gasteiger partial charge is 0.471 e. The molecule has 2 aliphatic carbocycles. The van der Waals surface area contributed by atoms with Gasteiger partial charge in [-0.2, -0.15) is 0 Å². The van der Waals surface area contributed by atoms with Crippen LogP contribution in [0.4, 0.5) is 4.39 Å². The highest BCUT2D eigenvalue weighted by atomic mass is 32.2. The van der Waals surface area contributed by atoms with Crippen molar-refractivity contribution in [1.29, 1.82) is 0 Å². The van der Waals surface area contributed by atoms with Crippen LogP contribution < -0.4 is 20.1 Å². The van der Waals surface area contributed by atoms with E-state index >= 15 is 0 Å². The molecule has 54 heavy (non-hydrogen) atoms. The number of hydrogen-bond donors (Lipinski definition) is 3. The number of benzene rings is 1. The zero-order valence-electron chi connectivity index (χ0n) is 30.7. The number of para-hydroxylation sites is 1. The molecule has 16 heteroatoms. The van der Waals surface area contributed by atoms with Crippen molar-refractivity contribution in [2.45, 2.75) is 108 Å². The normalized spacial score (nSPS) is 19.8. The van der Waals surface area contributed by atoms with E-state index in [1.165, 1.54) is 41.2 Å². The topological polar surface area (TPSA) is 177 Å². The van der Waals surface area contributed by atoms with Gasteiger partial charge < -0.3 is 20.3 Å². The van der Waals surface area contributed by atoms with Crippen molar-refractivity contribution in [2.75, 3.05) is 13.1 Å². The number of fused-ring (bicyclic) bond motifs is 1. The van der Waals surface area contributed by atoms with Crippen LogP contribution >= 0.6 is 11.3 Å². The highest BCUT2D eigenvalue weighted by Gasteiger charge is 2.51. The molecule has 290 valence electrons. The summed E-state index contributed by atoms with van der Waals surface area (Å²) in [4.78, 5) is 65.7. The minimum absolute atomic E-state index is 0.00830. The van der Waals surface area contributed by atoms with Crippen molar-refractivity contribution >= 4 is 56.0 Å². The average molecular weight is 783 g/mol. The van der Waals surface area contributed by atoms with Crippen LogP contribution in [0.1, 0.15) is 91.4 Å². The molecule has 3 fully saturated rings. The zero-order chi connectivity index (χ0) is 38.6. The Morgan fingerprint density at radius 2 is 1.87 bits per heavy atom. The molecule has 2 aromatic heterocycles. The number of aryl methyl sites for hydroxylation is 2. The summed E-state index contributed by atoms with van der Waals surface area (Å²) in [5.41, 5.74) is 0.730. The first-order chi connectivity index (χ1) is 25.7. The molecule has 13 nitrogen and oxygen atoms in total. The molecule has 3 atom stereocenters. The molecule has 3 heterocycles. The first-order valence-corrected chi connectivity index (χ1v) is 20.8. The number of amides is 4. The molecule has 3 aliphatic rings. The molecule has 4 amide bonds. The number of halogens is 1. The fourth-order valence-corrected chi connectivity index (χ4v) is 8.44. The first kappa shape index (κ1) is 39.3. The maximum absolute atomic E-state index is 14.6. The van der Waals surface area contributed by atoms with Crippen molar-refractivity contribution in [3.05, 3.63) is 63.7 Å². The molecule has 2 saturated carbocycles. The van der Waals surface area contributed by atoms with Crippen LogP contribution in [0.2, 0.25) is 0 Å². The zero-order valence-corrected chi connectivity index (χ0v) is 32.4. The van der Waals surface area contributed by atoms with Gasteiger partial charge in [0.1, 0.15) is 29.4 Å². The van der Waals surface area contributed by atoms with Gasteiger partial charge in [-0.05, 0) is 95.9 Å². The molecule has 1 aliphatic heterocycles. The maximum atomic E-state index is 14.6. The Bertz CT molecular complexity index is 2050. The lowest BCUT2D eigenvalue weighted by Gasteiger charge is -2.28. The van der Waals surface area contributed by atoms with E-state index in [1.54, 1.807) is 26.0 Å². The lowest BCUT2D eigenvalue weighted by atomic mass is 10.0. The van der Waals surface area contributed by atoms with Gasteiger partial charge in [0.15, 0.2) is 5.82 Å². The molecule has 0 radical (unpaired) electrons. The molecule has 3 N–H and O–H groups in total. The minimum atomic E-state index is -3.92. The molecule has 0 bridgehead atoms. The van der Waals surface area contributed by atoms with E-state index in [1.807, 2.05) is 17.7 Å². The number of thiophene rings is 1. The molecular formula is C38H47FN6O7S2. The number of likely N-dealkylation sites (tertiary alicyclic amines) is 1. The van der Waals surface area contributed by atoms with Crippen LogP contribution in [0, 0.1) is 25.6 Å². The van der Waals surface area contributed by atoms with Gasteiger partial charge in [-0.3, -0.25) is 23.9 Å². The number of aromatic nitrogens is 2. The first-order valence-electron chi connectivity index (χ1n) is 18.5. The molecule has 0 unspecified atom stereocenters. The standard InChI is InChI=1S/C38H47FN6O7S2/c1-23-14-17-31(53-23)35(48)42-29(12-8-6-4-5-7-10-25-15-16-25)37(49)45-22-26(52-36-24(2)41-28-13-9-11-27(39)33(28)43-36)20-30(45)34(47)40-21-32(46)44-54(50,51)38(3)18-19-38/h7,9-11,13-14,17,25-26,29-30H,4-6,8,12,15-16,18-22H2,1-3H3,(H,40,47)(H,42,48)(H,44,46)/t26-,29+,30+/m1/s1. The van der Waals surface area contributed by atoms with Gasteiger partial charge in [-0.25, -0.2) is 22.8 Å². The van der Waals surface area contributed by atoms with Crippen LogP contribution in [0.5, 0.6) is 5.88 Å². The number of allylic oxidation sites excluding steroid dienone is 2. The predicted molar refractivity (Wildman–Crippen MR) is 202 cm³/mol. The van der Waals surface area contributed by atoms with E-state index in [4.69, 9.17) is 4.74 Å². The van der Waals surface area contributed by atoms with E-state index in [0.717, 1.165) is 24.1 Å². The van der Waals surface area contributed by atoms with E-state index in [9.17, 15) is 32.0 Å². The summed E-state index contributed by atoms with van der Waals surface area (Å²) < 4.78 is 47.0. The summed E-state index contributed by atoms with van der Waals surface area (Å²) in [5, 5.41) is 5.39. The summed E-state index contributed by atoms with van der Waals surface area (Å²) >= 11 is 1.31. The van der Waals surface area contributed by atoms with Crippen molar-refractivity contribution in [2.24, 2.45) is 5.92 Å². The monoisotopic (exact) mass is 782 g/mol. The fourth-order valence-electron chi connectivity index (χ4n) is 6.41. The van der Waals surface area contributed by atoms with Crippen LogP contribution in [-0.4, -0.2) is 82.9 Å². The second-order valence-corrected chi connectivity index (χ2v) is 18.2. The summed E-state index contributed by atoms with van der Waals surface area (Å²) in [6.07, 6.45) is 10.6. The second-order valence-electron chi connectivity index (χ2n) is 14.7. The van der Waals surface area contributed by atoms with Gasteiger partial charge in [0.25, 0.3) is 11.8 Å². The highest BCUT2D eigenvalue weighted by Crippen LogP contribution is 2.42. The Balaban J connectivity index is 1.19. The van der Waals surface area contributed by atoms with E-state index in [2.05, 4.69) is 32.8 Å². The Morgan fingerprint density at radius 1 is 1.09 bits per heavy atom. The lowest BCUT2D eigenvalue weighted by molar-refractivity contribution is -0.140. The Hall–Kier alpha value is -4.44. The molecule has 1 aromatic carbocycles. The van der Waals surface area contributed by atoms with Crippen molar-refractivity contribution < 1.29 is 36.7 Å².